The number of nitrogens with zero attached hydrogens (tertiary/aromatic N) is 4. The number of benzene rings is 3. The van der Waals surface area contributed by atoms with Crippen molar-refractivity contribution in [2.24, 2.45) is 0 Å². The number of fused-ring (bicyclic) bond motifs is 1. The maximum absolute atomic E-state index is 11.9. The fourth-order valence-electron chi connectivity index (χ4n) is 4.64. The van der Waals surface area contributed by atoms with E-state index in [1.807, 2.05) is 72.8 Å². The molecular weight excluding hydrogens is 516 g/mol. The summed E-state index contributed by atoms with van der Waals surface area (Å²) in [4.78, 5) is 17.8. The van der Waals surface area contributed by atoms with Crippen molar-refractivity contribution in [3.05, 3.63) is 83.9 Å². The van der Waals surface area contributed by atoms with Crippen LogP contribution in [0, 0.1) is 11.8 Å². The number of carbonyl (C=O) groups is 1. The van der Waals surface area contributed by atoms with E-state index >= 15 is 0 Å². The number of oxazole rings is 1. The molecule has 1 aromatic heterocycles. The SMILES string of the molecule is CC(CC(=O)O)N(N1CCN(c2ccc(C#Cc3cccc(-c4nc5ccccc5o4)c3)cc2)CC1)S(=O)O. The standard InChI is InChI=1S/C29H28N4O5S/c1-21(19-28(34)35)33(39(36)37)32-17-15-31(16-18-32)25-13-11-22(12-14-25)9-10-23-5-4-6-24(20-23)29-30-26-7-2-3-8-27(26)38-29/h2-8,11-14,20-21H,15-19H2,1H3,(H,34,35)(H,36,37). The molecule has 9 nitrogen and oxygen atoms in total. The number of aliphatic carboxylic acids is 1. The summed E-state index contributed by atoms with van der Waals surface area (Å²) in [5, 5.41) is 10.8. The van der Waals surface area contributed by atoms with Crippen LogP contribution in [0.15, 0.2) is 77.2 Å². The van der Waals surface area contributed by atoms with Gasteiger partial charge in [0.25, 0.3) is 0 Å². The van der Waals surface area contributed by atoms with Gasteiger partial charge >= 0.3 is 5.97 Å². The van der Waals surface area contributed by atoms with Gasteiger partial charge in [-0.2, -0.15) is 0 Å². The lowest BCUT2D eigenvalue weighted by Crippen LogP contribution is -2.57. The number of carboxylic acids is 1. The molecule has 5 rings (SSSR count). The van der Waals surface area contributed by atoms with Crippen LogP contribution in [0.4, 0.5) is 5.69 Å². The van der Waals surface area contributed by atoms with Crippen LogP contribution in [-0.2, 0) is 16.1 Å². The van der Waals surface area contributed by atoms with Crippen LogP contribution in [0.1, 0.15) is 24.5 Å². The van der Waals surface area contributed by atoms with E-state index in [-0.39, 0.29) is 6.42 Å². The van der Waals surface area contributed by atoms with Crippen LogP contribution in [0.3, 0.4) is 0 Å². The topological polar surface area (TPSA) is 110 Å². The number of anilines is 1. The molecule has 200 valence electrons. The minimum atomic E-state index is -2.29. The molecule has 3 aromatic carbocycles. The highest BCUT2D eigenvalue weighted by Crippen LogP contribution is 2.25. The Balaban J connectivity index is 1.22. The molecule has 0 aliphatic carbocycles. The molecule has 0 bridgehead atoms. The van der Waals surface area contributed by atoms with E-state index in [0.717, 1.165) is 33.5 Å². The van der Waals surface area contributed by atoms with E-state index in [1.165, 1.54) is 4.41 Å². The van der Waals surface area contributed by atoms with Crippen LogP contribution in [0.25, 0.3) is 22.6 Å². The summed E-state index contributed by atoms with van der Waals surface area (Å²) in [5.74, 6) is 5.99. The Kier molecular flexibility index (Phi) is 8.05. The molecule has 0 saturated carbocycles. The zero-order chi connectivity index (χ0) is 27.4. The summed E-state index contributed by atoms with van der Waals surface area (Å²) in [6.45, 7) is 3.94. The van der Waals surface area contributed by atoms with Crippen molar-refractivity contribution in [2.45, 2.75) is 19.4 Å². The van der Waals surface area contributed by atoms with Crippen molar-refractivity contribution >= 4 is 34.0 Å². The van der Waals surface area contributed by atoms with Gasteiger partial charge < -0.3 is 14.4 Å². The fourth-order valence-corrected chi connectivity index (χ4v) is 5.38. The Bertz CT molecular complexity index is 1520. The van der Waals surface area contributed by atoms with Gasteiger partial charge in [0.2, 0.25) is 17.2 Å². The van der Waals surface area contributed by atoms with E-state index in [1.54, 1.807) is 11.9 Å². The maximum atomic E-state index is 11.9. The number of piperazine rings is 1. The smallest absolute Gasteiger partial charge is 0.305 e. The molecule has 1 aliphatic heterocycles. The van der Waals surface area contributed by atoms with Crippen molar-refractivity contribution in [1.29, 1.82) is 0 Å². The van der Waals surface area contributed by atoms with Gasteiger partial charge in [-0.3, -0.25) is 9.35 Å². The zero-order valence-corrected chi connectivity index (χ0v) is 22.2. The second-order valence-corrected chi connectivity index (χ2v) is 10.1. The number of hydrazine groups is 1. The highest BCUT2D eigenvalue weighted by molar-refractivity contribution is 7.76. The van der Waals surface area contributed by atoms with Gasteiger partial charge in [0, 0.05) is 54.6 Å². The molecule has 0 spiro atoms. The fraction of sp³-hybridized carbons (Fsp3) is 0.241. The molecule has 4 aromatic rings. The van der Waals surface area contributed by atoms with E-state index in [0.29, 0.717) is 32.1 Å². The highest BCUT2D eigenvalue weighted by Gasteiger charge is 2.30. The zero-order valence-electron chi connectivity index (χ0n) is 21.4. The van der Waals surface area contributed by atoms with Gasteiger partial charge in [-0.25, -0.2) is 14.2 Å². The molecule has 39 heavy (non-hydrogen) atoms. The summed E-state index contributed by atoms with van der Waals surface area (Å²) in [6.07, 6.45) is -0.212. The first-order valence-corrected chi connectivity index (χ1v) is 13.6. The maximum Gasteiger partial charge on any atom is 0.305 e. The number of para-hydroxylation sites is 2. The molecule has 2 N–H and O–H groups in total. The van der Waals surface area contributed by atoms with Gasteiger partial charge in [0.15, 0.2) is 5.58 Å². The van der Waals surface area contributed by atoms with Crippen molar-refractivity contribution in [1.82, 2.24) is 14.4 Å². The van der Waals surface area contributed by atoms with E-state index in [4.69, 9.17) is 9.52 Å². The second-order valence-electron chi connectivity index (χ2n) is 9.29. The van der Waals surface area contributed by atoms with Crippen LogP contribution in [-0.4, -0.2) is 66.5 Å². The third-order valence-electron chi connectivity index (χ3n) is 6.53. The van der Waals surface area contributed by atoms with Gasteiger partial charge in [-0.15, -0.1) is 4.41 Å². The summed E-state index contributed by atoms with van der Waals surface area (Å²) in [5.41, 5.74) is 5.21. The molecule has 0 radical (unpaired) electrons. The number of rotatable bonds is 7. The van der Waals surface area contributed by atoms with Gasteiger partial charge in [-0.05, 0) is 61.5 Å². The number of hydrogen-bond donors (Lipinski definition) is 2. The second kappa shape index (κ2) is 11.8. The molecule has 2 unspecified atom stereocenters. The van der Waals surface area contributed by atoms with Crippen LogP contribution < -0.4 is 4.90 Å². The molecule has 1 aliphatic rings. The monoisotopic (exact) mass is 544 g/mol. The first-order chi connectivity index (χ1) is 18.9. The Morgan fingerprint density at radius 3 is 2.44 bits per heavy atom. The van der Waals surface area contributed by atoms with Crippen molar-refractivity contribution in [3.8, 4) is 23.3 Å². The van der Waals surface area contributed by atoms with Crippen LogP contribution in [0.2, 0.25) is 0 Å². The summed E-state index contributed by atoms with van der Waals surface area (Å²) in [7, 11) is 0. The van der Waals surface area contributed by atoms with E-state index in [2.05, 4.69) is 21.7 Å². The third-order valence-corrected chi connectivity index (χ3v) is 7.44. The average Bonchev–Trinajstić information content (AvgIpc) is 3.37. The summed E-state index contributed by atoms with van der Waals surface area (Å²) < 4.78 is 28.7. The number of hydrogen-bond acceptors (Lipinski definition) is 6. The largest absolute Gasteiger partial charge is 0.481 e. The van der Waals surface area contributed by atoms with Crippen LogP contribution >= 0.6 is 0 Å². The molecule has 0 amide bonds. The Morgan fingerprint density at radius 1 is 1.03 bits per heavy atom. The minimum Gasteiger partial charge on any atom is -0.481 e. The Hall–Kier alpha value is -4.01. The minimum absolute atomic E-state index is 0.212. The highest BCUT2D eigenvalue weighted by atomic mass is 32.2. The third kappa shape index (κ3) is 6.35. The van der Waals surface area contributed by atoms with Gasteiger partial charge in [-0.1, -0.05) is 30.0 Å². The van der Waals surface area contributed by atoms with Crippen LogP contribution in [0.5, 0.6) is 0 Å². The van der Waals surface area contributed by atoms with E-state index in [9.17, 15) is 13.6 Å². The molecule has 1 saturated heterocycles. The lowest BCUT2D eigenvalue weighted by Gasteiger charge is -2.41. The Morgan fingerprint density at radius 2 is 1.74 bits per heavy atom. The molecule has 10 heteroatoms. The molecule has 2 atom stereocenters. The normalized spacial score (nSPS) is 15.6. The van der Waals surface area contributed by atoms with Crippen molar-refractivity contribution in [2.75, 3.05) is 31.1 Å². The molecule has 2 heterocycles. The predicted molar refractivity (Wildman–Crippen MR) is 150 cm³/mol. The molecular formula is C29H28N4O5S. The van der Waals surface area contributed by atoms with Gasteiger partial charge in [0.05, 0.1) is 6.42 Å². The first-order valence-electron chi connectivity index (χ1n) is 12.6. The van der Waals surface area contributed by atoms with E-state index < -0.39 is 23.3 Å². The summed E-state index contributed by atoms with van der Waals surface area (Å²) >= 11 is -2.29. The number of aromatic nitrogens is 1. The number of carboxylic acid groups (broad SMARTS) is 1. The van der Waals surface area contributed by atoms with Gasteiger partial charge in [0.1, 0.15) is 5.52 Å². The lowest BCUT2D eigenvalue weighted by atomic mass is 10.1. The quantitative estimate of drug-likeness (QED) is 0.263. The first kappa shape index (κ1) is 26.6. The van der Waals surface area contributed by atoms with Crippen molar-refractivity contribution < 1.29 is 23.1 Å². The average molecular weight is 545 g/mol. The molecule has 1 fully saturated rings. The Labute approximate surface area is 229 Å². The lowest BCUT2D eigenvalue weighted by molar-refractivity contribution is -0.139. The summed E-state index contributed by atoms with van der Waals surface area (Å²) in [6, 6.07) is 22.9. The predicted octanol–water partition coefficient (Wildman–Crippen LogP) is 4.23. The van der Waals surface area contributed by atoms with Crippen molar-refractivity contribution in [3.63, 3.8) is 0 Å².